The van der Waals surface area contributed by atoms with E-state index in [1.807, 2.05) is 0 Å². The molecule has 2 nitrogen and oxygen atoms in total. The van der Waals surface area contributed by atoms with Gasteiger partial charge < -0.3 is 10.2 Å². The van der Waals surface area contributed by atoms with E-state index in [2.05, 4.69) is 27.7 Å². The Morgan fingerprint density at radius 2 is 1.03 bits per heavy atom. The van der Waals surface area contributed by atoms with Gasteiger partial charge in [-0.1, -0.05) is 130 Å². The number of rotatable bonds is 22. The summed E-state index contributed by atoms with van der Waals surface area (Å²) in [4.78, 5) is 0. The summed E-state index contributed by atoms with van der Waals surface area (Å²) in [6, 6.07) is 5.06. The smallest absolute Gasteiger partial charge is 0.119 e. The number of hydrogen-bond donors (Lipinski definition) is 2. The molecule has 0 saturated heterocycles. The van der Waals surface area contributed by atoms with Crippen molar-refractivity contribution >= 4 is 0 Å². The van der Waals surface area contributed by atoms with E-state index < -0.39 is 0 Å². The van der Waals surface area contributed by atoms with Gasteiger partial charge in [0.05, 0.1) is 0 Å². The second kappa shape index (κ2) is 20.1. The van der Waals surface area contributed by atoms with E-state index in [1.54, 1.807) is 18.2 Å². The van der Waals surface area contributed by atoms with Gasteiger partial charge in [0.1, 0.15) is 11.5 Å². The molecule has 0 aromatic heterocycles. The zero-order valence-electron chi connectivity index (χ0n) is 23.3. The van der Waals surface area contributed by atoms with Crippen molar-refractivity contribution in [3.8, 4) is 11.5 Å². The van der Waals surface area contributed by atoms with Crippen molar-refractivity contribution in [1.82, 2.24) is 0 Å². The molecule has 0 aliphatic carbocycles. The van der Waals surface area contributed by atoms with Crippen LogP contribution in [0.15, 0.2) is 18.2 Å². The van der Waals surface area contributed by atoms with Crippen molar-refractivity contribution in [2.45, 2.75) is 156 Å². The molecular formula is C32H58O2. The van der Waals surface area contributed by atoms with E-state index in [0.29, 0.717) is 17.6 Å². The van der Waals surface area contributed by atoms with Crippen molar-refractivity contribution in [1.29, 1.82) is 0 Å². The van der Waals surface area contributed by atoms with Gasteiger partial charge in [0, 0.05) is 5.56 Å². The molecule has 0 saturated carbocycles. The molecule has 3 unspecified atom stereocenters. The Morgan fingerprint density at radius 1 is 0.559 bits per heavy atom. The van der Waals surface area contributed by atoms with Gasteiger partial charge in [0.2, 0.25) is 0 Å². The van der Waals surface area contributed by atoms with Crippen LogP contribution in [0.1, 0.15) is 161 Å². The Kier molecular flexibility index (Phi) is 18.2. The highest BCUT2D eigenvalue weighted by atomic mass is 16.3. The highest BCUT2D eigenvalue weighted by molar-refractivity contribution is 5.40. The molecule has 198 valence electrons. The number of benzene rings is 1. The SMILES string of the molecule is CCCCCCCCCCC(C)C(C)CCC(CCCCCCCCC)c1cc(O)ccc1O. The van der Waals surface area contributed by atoms with E-state index in [-0.39, 0.29) is 5.75 Å². The monoisotopic (exact) mass is 474 g/mol. The lowest BCUT2D eigenvalue weighted by Gasteiger charge is -2.24. The van der Waals surface area contributed by atoms with Crippen LogP contribution in [-0.4, -0.2) is 10.2 Å². The van der Waals surface area contributed by atoms with Crippen LogP contribution in [0.2, 0.25) is 0 Å². The van der Waals surface area contributed by atoms with Crippen LogP contribution in [0.5, 0.6) is 11.5 Å². The van der Waals surface area contributed by atoms with Crippen molar-refractivity contribution in [2.24, 2.45) is 11.8 Å². The first-order chi connectivity index (χ1) is 16.5. The van der Waals surface area contributed by atoms with Crippen LogP contribution >= 0.6 is 0 Å². The minimum absolute atomic E-state index is 0.272. The van der Waals surface area contributed by atoms with E-state index >= 15 is 0 Å². The number of phenolic OH excluding ortho intramolecular Hbond substituents is 2. The third-order valence-electron chi connectivity index (χ3n) is 8.06. The molecule has 0 fully saturated rings. The predicted octanol–water partition coefficient (Wildman–Crippen LogP) is 10.9. The van der Waals surface area contributed by atoms with Gasteiger partial charge in [-0.3, -0.25) is 0 Å². The van der Waals surface area contributed by atoms with Gasteiger partial charge in [0.15, 0.2) is 0 Å². The lowest BCUT2D eigenvalue weighted by molar-refractivity contribution is 0.312. The Balaban J connectivity index is 2.43. The van der Waals surface area contributed by atoms with Gasteiger partial charge >= 0.3 is 0 Å². The quantitative estimate of drug-likeness (QED) is 0.129. The Labute approximate surface area is 213 Å². The average molecular weight is 475 g/mol. The molecule has 0 radical (unpaired) electrons. The largest absolute Gasteiger partial charge is 0.508 e. The number of phenols is 2. The first kappa shape index (κ1) is 30.9. The molecular weight excluding hydrogens is 416 g/mol. The van der Waals surface area contributed by atoms with E-state index in [0.717, 1.165) is 24.3 Å². The summed E-state index contributed by atoms with van der Waals surface area (Å²) in [5, 5.41) is 20.5. The first-order valence-corrected chi connectivity index (χ1v) is 15.0. The van der Waals surface area contributed by atoms with Crippen LogP contribution in [0.25, 0.3) is 0 Å². The topological polar surface area (TPSA) is 40.5 Å². The maximum Gasteiger partial charge on any atom is 0.119 e. The summed E-state index contributed by atoms with van der Waals surface area (Å²) in [5.41, 5.74) is 0.953. The Bertz CT molecular complexity index is 597. The molecule has 0 aliphatic heterocycles. The van der Waals surface area contributed by atoms with Crippen LogP contribution in [0.3, 0.4) is 0 Å². The molecule has 2 heteroatoms. The third kappa shape index (κ3) is 14.3. The van der Waals surface area contributed by atoms with Crippen LogP contribution in [-0.2, 0) is 0 Å². The zero-order valence-corrected chi connectivity index (χ0v) is 23.3. The summed E-state index contributed by atoms with van der Waals surface area (Å²) in [5.74, 6) is 2.44. The molecule has 1 aromatic carbocycles. The normalized spacial score (nSPS) is 14.2. The fourth-order valence-electron chi connectivity index (χ4n) is 5.31. The molecule has 1 rings (SSSR count). The van der Waals surface area contributed by atoms with Crippen LogP contribution in [0, 0.1) is 11.8 Å². The Hall–Kier alpha value is -1.18. The molecule has 0 aliphatic rings. The lowest BCUT2D eigenvalue weighted by atomic mass is 9.82. The molecule has 3 atom stereocenters. The van der Waals surface area contributed by atoms with Crippen LogP contribution in [0.4, 0.5) is 0 Å². The molecule has 0 amide bonds. The van der Waals surface area contributed by atoms with Crippen molar-refractivity contribution in [3.63, 3.8) is 0 Å². The van der Waals surface area contributed by atoms with Crippen molar-refractivity contribution in [3.05, 3.63) is 23.8 Å². The first-order valence-electron chi connectivity index (χ1n) is 15.0. The summed E-state index contributed by atoms with van der Waals surface area (Å²) in [6.45, 7) is 9.40. The molecule has 34 heavy (non-hydrogen) atoms. The van der Waals surface area contributed by atoms with E-state index in [9.17, 15) is 10.2 Å². The number of hydrogen-bond acceptors (Lipinski definition) is 2. The van der Waals surface area contributed by atoms with Gasteiger partial charge in [-0.2, -0.15) is 0 Å². The fraction of sp³-hybridized carbons (Fsp3) is 0.812. The summed E-state index contributed by atoms with van der Waals surface area (Å²) >= 11 is 0. The minimum Gasteiger partial charge on any atom is -0.508 e. The third-order valence-corrected chi connectivity index (χ3v) is 8.06. The van der Waals surface area contributed by atoms with Crippen molar-refractivity contribution in [2.75, 3.05) is 0 Å². The number of unbranched alkanes of at least 4 members (excludes halogenated alkanes) is 13. The van der Waals surface area contributed by atoms with E-state index in [1.165, 1.54) is 109 Å². The summed E-state index contributed by atoms with van der Waals surface area (Å²) < 4.78 is 0. The standard InChI is InChI=1S/C32H58O2/c1-5-7-9-11-13-15-16-18-20-27(3)28(4)22-23-29(21-19-17-14-12-10-8-6-2)31-26-30(33)24-25-32(31)34/h24-29,33-34H,5-23H2,1-4H3. The lowest BCUT2D eigenvalue weighted by Crippen LogP contribution is -2.10. The number of aromatic hydroxyl groups is 2. The molecule has 0 heterocycles. The van der Waals surface area contributed by atoms with Gasteiger partial charge in [-0.05, 0) is 55.2 Å². The Morgan fingerprint density at radius 3 is 1.59 bits per heavy atom. The maximum absolute atomic E-state index is 10.5. The summed E-state index contributed by atoms with van der Waals surface area (Å²) in [7, 11) is 0. The maximum atomic E-state index is 10.5. The highest BCUT2D eigenvalue weighted by Gasteiger charge is 2.19. The molecule has 0 bridgehead atoms. The van der Waals surface area contributed by atoms with E-state index in [4.69, 9.17) is 0 Å². The highest BCUT2D eigenvalue weighted by Crippen LogP contribution is 2.37. The van der Waals surface area contributed by atoms with Crippen LogP contribution < -0.4 is 0 Å². The second-order valence-electron chi connectivity index (χ2n) is 11.1. The molecule has 1 aromatic rings. The summed E-state index contributed by atoms with van der Waals surface area (Å²) in [6.07, 6.45) is 25.1. The second-order valence-corrected chi connectivity index (χ2v) is 11.1. The fourth-order valence-corrected chi connectivity index (χ4v) is 5.31. The van der Waals surface area contributed by atoms with Gasteiger partial charge in [-0.15, -0.1) is 0 Å². The van der Waals surface area contributed by atoms with Crippen molar-refractivity contribution < 1.29 is 10.2 Å². The van der Waals surface area contributed by atoms with Gasteiger partial charge in [0.25, 0.3) is 0 Å². The molecule has 2 N–H and O–H groups in total. The average Bonchev–Trinajstić information content (AvgIpc) is 2.83. The minimum atomic E-state index is 0.272. The molecule has 0 spiro atoms. The van der Waals surface area contributed by atoms with Gasteiger partial charge in [-0.25, -0.2) is 0 Å². The predicted molar refractivity (Wildman–Crippen MR) is 150 cm³/mol. The zero-order chi connectivity index (χ0) is 25.0.